The molecule has 0 saturated carbocycles. The van der Waals surface area contributed by atoms with Gasteiger partial charge in [0.05, 0.1) is 28.9 Å². The fraction of sp³-hybridized carbons (Fsp3) is 0.409. The Labute approximate surface area is 172 Å². The first-order valence-electron chi connectivity index (χ1n) is 9.76. The highest BCUT2D eigenvalue weighted by Gasteiger charge is 2.50. The third-order valence-electron chi connectivity index (χ3n) is 6.05. The third kappa shape index (κ3) is 3.43. The van der Waals surface area contributed by atoms with Crippen LogP contribution in [0, 0.1) is 18.3 Å². The van der Waals surface area contributed by atoms with Crippen LogP contribution in [-0.4, -0.2) is 34.9 Å². The van der Waals surface area contributed by atoms with Gasteiger partial charge < -0.3 is 4.90 Å². The molecular formula is C22H21F3N4O. The summed E-state index contributed by atoms with van der Waals surface area (Å²) >= 11 is 0. The number of aryl methyl sites for hydroxylation is 1. The molecule has 2 saturated heterocycles. The fourth-order valence-corrected chi connectivity index (χ4v) is 4.47. The number of pyridine rings is 1. The van der Waals surface area contributed by atoms with Gasteiger partial charge in [0.2, 0.25) is 5.91 Å². The molecule has 3 heterocycles. The van der Waals surface area contributed by atoms with Crippen molar-refractivity contribution in [1.82, 2.24) is 15.2 Å². The van der Waals surface area contributed by atoms with Gasteiger partial charge in [0, 0.05) is 24.8 Å². The summed E-state index contributed by atoms with van der Waals surface area (Å²) in [6.45, 7) is 2.46. The average molecular weight is 414 g/mol. The normalized spacial score (nSPS) is 23.9. The topological polar surface area (TPSA) is 69.0 Å². The van der Waals surface area contributed by atoms with Crippen LogP contribution < -0.4 is 5.32 Å². The molecule has 2 aliphatic rings. The molecule has 2 atom stereocenters. The number of nitriles is 1. The zero-order valence-corrected chi connectivity index (χ0v) is 16.7. The van der Waals surface area contributed by atoms with E-state index < -0.39 is 17.3 Å². The van der Waals surface area contributed by atoms with Gasteiger partial charge in [0.25, 0.3) is 0 Å². The smallest absolute Gasteiger partial charge is 0.344 e. The number of hydrogen-bond donors (Lipinski definition) is 1. The van der Waals surface area contributed by atoms with E-state index in [2.05, 4.69) is 10.3 Å². The first kappa shape index (κ1) is 20.4. The van der Waals surface area contributed by atoms with E-state index in [4.69, 9.17) is 0 Å². The maximum absolute atomic E-state index is 13.2. The number of alkyl halides is 3. The zero-order chi connectivity index (χ0) is 21.7. The number of nitrogens with zero attached hydrogens (tertiary/aromatic N) is 3. The van der Waals surface area contributed by atoms with E-state index in [1.807, 2.05) is 6.07 Å². The molecule has 0 bridgehead atoms. The number of nitrogens with one attached hydrogen (secondary N) is 1. The third-order valence-corrected chi connectivity index (χ3v) is 6.05. The van der Waals surface area contributed by atoms with Gasteiger partial charge in [-0.2, -0.15) is 18.4 Å². The van der Waals surface area contributed by atoms with Crippen LogP contribution in [-0.2, 0) is 11.0 Å². The van der Waals surface area contributed by atoms with E-state index in [9.17, 15) is 23.2 Å². The summed E-state index contributed by atoms with van der Waals surface area (Å²) in [4.78, 5) is 18.9. The molecule has 1 N–H and O–H groups in total. The summed E-state index contributed by atoms with van der Waals surface area (Å²) < 4.78 is 39.7. The molecule has 2 aromatic rings. The summed E-state index contributed by atoms with van der Waals surface area (Å²) in [7, 11) is 1.78. The van der Waals surface area contributed by atoms with Crippen LogP contribution in [0.15, 0.2) is 30.3 Å². The molecule has 1 spiro atoms. The van der Waals surface area contributed by atoms with Crippen molar-refractivity contribution in [3.05, 3.63) is 52.8 Å². The molecule has 0 radical (unpaired) electrons. The summed E-state index contributed by atoms with van der Waals surface area (Å²) in [6.07, 6.45) is -2.37. The summed E-state index contributed by atoms with van der Waals surface area (Å²) in [6, 6.07) is 8.34. The van der Waals surface area contributed by atoms with Gasteiger partial charge in [-0.1, -0.05) is 0 Å². The van der Waals surface area contributed by atoms with Crippen LogP contribution in [0.5, 0.6) is 0 Å². The molecule has 1 aromatic carbocycles. The van der Waals surface area contributed by atoms with E-state index in [0.29, 0.717) is 36.3 Å². The Morgan fingerprint density at radius 2 is 2.03 bits per heavy atom. The number of likely N-dealkylation sites (N-methyl/N-ethyl adjacent to an activating group) is 1. The number of amides is 1. The van der Waals surface area contributed by atoms with Crippen molar-refractivity contribution in [2.24, 2.45) is 0 Å². The van der Waals surface area contributed by atoms with Crippen LogP contribution in [0.2, 0.25) is 0 Å². The Morgan fingerprint density at radius 3 is 2.67 bits per heavy atom. The van der Waals surface area contributed by atoms with Gasteiger partial charge in [0.15, 0.2) is 0 Å². The minimum absolute atomic E-state index is 0.0718. The Morgan fingerprint density at radius 1 is 1.27 bits per heavy atom. The summed E-state index contributed by atoms with van der Waals surface area (Å²) in [5.74, 6) is 0.0718. The second kappa shape index (κ2) is 7.10. The van der Waals surface area contributed by atoms with Crippen molar-refractivity contribution in [3.8, 4) is 17.2 Å². The monoisotopic (exact) mass is 414 g/mol. The minimum atomic E-state index is -4.50. The molecule has 0 unspecified atom stereocenters. The lowest BCUT2D eigenvalue weighted by Crippen LogP contribution is -2.47. The predicted octanol–water partition coefficient (Wildman–Crippen LogP) is 3.97. The predicted molar refractivity (Wildman–Crippen MR) is 104 cm³/mol. The minimum Gasteiger partial charge on any atom is -0.344 e. The number of likely N-dealkylation sites (tertiary alicyclic amines) is 1. The molecule has 1 amide bonds. The molecular weight excluding hydrogens is 393 g/mol. The highest BCUT2D eigenvalue weighted by Crippen LogP contribution is 2.40. The van der Waals surface area contributed by atoms with Crippen LogP contribution >= 0.6 is 0 Å². The Balaban J connectivity index is 1.72. The molecule has 8 heteroatoms. The van der Waals surface area contributed by atoms with Crippen molar-refractivity contribution in [2.75, 3.05) is 13.6 Å². The number of carbonyl (C=O) groups excluding carboxylic acids is 1. The lowest BCUT2D eigenvalue weighted by molar-refractivity contribution is -0.137. The van der Waals surface area contributed by atoms with E-state index in [-0.39, 0.29) is 23.1 Å². The van der Waals surface area contributed by atoms with E-state index >= 15 is 0 Å². The van der Waals surface area contributed by atoms with Gasteiger partial charge in [-0.25, -0.2) is 0 Å². The van der Waals surface area contributed by atoms with Crippen molar-refractivity contribution < 1.29 is 18.0 Å². The number of carbonyl (C=O) groups is 1. The quantitative estimate of drug-likeness (QED) is 0.807. The molecule has 2 fully saturated rings. The Hall–Kier alpha value is -2.92. The molecule has 156 valence electrons. The largest absolute Gasteiger partial charge is 0.416 e. The summed E-state index contributed by atoms with van der Waals surface area (Å²) in [5.41, 5.74) is 0.833. The van der Waals surface area contributed by atoms with Gasteiger partial charge in [-0.3, -0.25) is 15.1 Å². The molecule has 2 aliphatic heterocycles. The lowest BCUT2D eigenvalue weighted by Gasteiger charge is -2.23. The highest BCUT2D eigenvalue weighted by atomic mass is 19.4. The van der Waals surface area contributed by atoms with Crippen molar-refractivity contribution in [3.63, 3.8) is 0 Å². The van der Waals surface area contributed by atoms with Gasteiger partial charge in [0.1, 0.15) is 5.54 Å². The van der Waals surface area contributed by atoms with Crippen LogP contribution in [0.4, 0.5) is 13.2 Å². The van der Waals surface area contributed by atoms with Crippen LogP contribution in [0.1, 0.15) is 47.8 Å². The van der Waals surface area contributed by atoms with E-state index in [1.165, 1.54) is 6.07 Å². The van der Waals surface area contributed by atoms with Gasteiger partial charge in [-0.15, -0.1) is 0 Å². The average Bonchev–Trinajstić information content (AvgIpc) is 3.26. The summed E-state index contributed by atoms with van der Waals surface area (Å²) in [5, 5.41) is 12.8. The molecule has 1 aromatic heterocycles. The van der Waals surface area contributed by atoms with Gasteiger partial charge in [-0.05, 0) is 62.1 Å². The Bertz CT molecular complexity index is 1060. The standard InChI is InChI=1S/C22H21F3N4O/c1-13-9-15(17-11-16(22(23,24)25)4-3-14(17)12-26)10-19(27-13)18-5-6-21(28-18)7-8-29(2)20(21)30/h3-4,9-11,18,28H,5-8H2,1-2H3/t18-,21-/m1/s1. The van der Waals surface area contributed by atoms with Crippen LogP contribution in [0.3, 0.4) is 0 Å². The number of benzene rings is 1. The van der Waals surface area contributed by atoms with Crippen molar-refractivity contribution in [2.45, 2.75) is 43.9 Å². The second-order valence-corrected chi connectivity index (χ2v) is 8.09. The number of halogens is 3. The highest BCUT2D eigenvalue weighted by molar-refractivity contribution is 5.88. The number of aromatic nitrogens is 1. The Kier molecular flexibility index (Phi) is 4.82. The van der Waals surface area contributed by atoms with E-state index in [1.54, 1.807) is 31.0 Å². The lowest BCUT2D eigenvalue weighted by atomic mass is 9.95. The van der Waals surface area contributed by atoms with Crippen LogP contribution in [0.25, 0.3) is 11.1 Å². The maximum Gasteiger partial charge on any atom is 0.416 e. The molecule has 5 nitrogen and oxygen atoms in total. The van der Waals surface area contributed by atoms with E-state index in [0.717, 1.165) is 18.6 Å². The molecule has 4 rings (SSSR count). The number of hydrogen-bond acceptors (Lipinski definition) is 4. The van der Waals surface area contributed by atoms with Gasteiger partial charge >= 0.3 is 6.18 Å². The first-order chi connectivity index (χ1) is 14.1. The SMILES string of the molecule is Cc1cc(-c2cc(C(F)(F)F)ccc2C#N)cc([C@H]2CC[C@]3(CCN(C)C3=O)N2)n1. The zero-order valence-electron chi connectivity index (χ0n) is 16.7. The maximum atomic E-state index is 13.2. The molecule has 30 heavy (non-hydrogen) atoms. The number of rotatable bonds is 2. The second-order valence-electron chi connectivity index (χ2n) is 8.09. The molecule has 0 aliphatic carbocycles. The van der Waals surface area contributed by atoms with Crippen molar-refractivity contribution >= 4 is 5.91 Å². The fourth-order valence-electron chi connectivity index (χ4n) is 4.47. The van der Waals surface area contributed by atoms with Crippen molar-refractivity contribution in [1.29, 1.82) is 5.26 Å². The first-order valence-corrected chi connectivity index (χ1v) is 9.76.